The first-order chi connectivity index (χ1) is 20.1. The summed E-state index contributed by atoms with van der Waals surface area (Å²) >= 11 is 0. The maximum atomic E-state index is 12.9. The molecule has 9 nitrogen and oxygen atoms in total. The molecule has 0 spiro atoms. The number of hydrogen-bond donors (Lipinski definition) is 6. The maximum Gasteiger partial charge on any atom is 0.222 e. The fourth-order valence-electron chi connectivity index (χ4n) is 5.53. The molecular formula is C33H56N4O5. The third-order valence-corrected chi connectivity index (χ3v) is 8.17. The average Bonchev–Trinajstić information content (AvgIpc) is 2.95. The highest BCUT2D eigenvalue weighted by Crippen LogP contribution is 2.28. The van der Waals surface area contributed by atoms with Crippen molar-refractivity contribution in [2.75, 3.05) is 13.1 Å². The van der Waals surface area contributed by atoms with Gasteiger partial charge in [0.05, 0.1) is 31.1 Å². The highest BCUT2D eigenvalue weighted by molar-refractivity contribution is 5.78. The van der Waals surface area contributed by atoms with E-state index in [2.05, 4.69) is 29.8 Å². The van der Waals surface area contributed by atoms with Crippen LogP contribution in [0.2, 0.25) is 0 Å². The van der Waals surface area contributed by atoms with Crippen molar-refractivity contribution in [3.05, 3.63) is 35.9 Å². The molecule has 42 heavy (non-hydrogen) atoms. The smallest absolute Gasteiger partial charge is 0.222 e. The zero-order valence-electron chi connectivity index (χ0n) is 25.9. The van der Waals surface area contributed by atoms with Crippen LogP contribution in [0, 0.1) is 11.8 Å². The summed E-state index contributed by atoms with van der Waals surface area (Å²) in [5.74, 6) is 0.378. The van der Waals surface area contributed by atoms with E-state index in [1.165, 1.54) is 6.42 Å². The van der Waals surface area contributed by atoms with Crippen molar-refractivity contribution in [2.24, 2.45) is 17.6 Å². The molecule has 0 unspecified atom stereocenters. The molecule has 1 aliphatic rings. The van der Waals surface area contributed by atoms with E-state index in [0.717, 1.165) is 56.9 Å². The minimum absolute atomic E-state index is 0.0690. The Morgan fingerprint density at radius 1 is 0.857 bits per heavy atom. The Kier molecular flexibility index (Phi) is 17.4. The van der Waals surface area contributed by atoms with Gasteiger partial charge in [0.15, 0.2) is 0 Å². The molecule has 4 atom stereocenters. The lowest BCUT2D eigenvalue weighted by atomic mass is 9.83. The largest absolute Gasteiger partial charge is 0.391 e. The molecule has 0 aliphatic heterocycles. The number of benzene rings is 1. The van der Waals surface area contributed by atoms with Gasteiger partial charge in [-0.15, -0.1) is 0 Å². The quantitative estimate of drug-likeness (QED) is 0.128. The topological polar surface area (TPSA) is 154 Å². The van der Waals surface area contributed by atoms with E-state index in [9.17, 15) is 24.6 Å². The van der Waals surface area contributed by atoms with Crippen LogP contribution in [0.15, 0.2) is 30.3 Å². The summed E-state index contributed by atoms with van der Waals surface area (Å²) < 4.78 is 0. The number of carbonyl (C=O) groups excluding carboxylic acids is 3. The lowest BCUT2D eigenvalue weighted by molar-refractivity contribution is -0.127. The van der Waals surface area contributed by atoms with Crippen molar-refractivity contribution in [3.8, 4) is 0 Å². The first kappa shape index (κ1) is 35.7. The van der Waals surface area contributed by atoms with Crippen LogP contribution in [0.4, 0.5) is 0 Å². The van der Waals surface area contributed by atoms with Crippen molar-refractivity contribution in [3.63, 3.8) is 0 Å². The Morgan fingerprint density at radius 2 is 1.52 bits per heavy atom. The van der Waals surface area contributed by atoms with Gasteiger partial charge in [-0.05, 0) is 49.5 Å². The first-order valence-electron chi connectivity index (χ1n) is 16.1. The standard InChI is InChI=1S/C33H56N4O5/c1-24(2)17-19-36-31(40)16-10-5-11-18-35-32(41)23-30(39)28(21-26-14-8-4-9-15-26)37-33(42)22-29(38)27(34)20-25-12-6-3-7-13-25/h3,6-7,12-13,24,26-30,38-39H,4-5,8-11,14-23,34H2,1-2H3,(H,35,41)(H,36,40)(H,37,42)/t27-,28-,29-,30-/m0/s1. The van der Waals surface area contributed by atoms with Crippen LogP contribution >= 0.6 is 0 Å². The molecule has 0 aromatic heterocycles. The summed E-state index contributed by atoms with van der Waals surface area (Å²) in [6.07, 6.45) is 8.11. The fraction of sp³-hybridized carbons (Fsp3) is 0.727. The Hall–Kier alpha value is -2.49. The highest BCUT2D eigenvalue weighted by Gasteiger charge is 2.29. The van der Waals surface area contributed by atoms with E-state index in [1.54, 1.807) is 0 Å². The molecule has 3 amide bonds. The third kappa shape index (κ3) is 15.7. The van der Waals surface area contributed by atoms with Gasteiger partial charge in [-0.2, -0.15) is 0 Å². The lowest BCUT2D eigenvalue weighted by Crippen LogP contribution is -2.48. The summed E-state index contributed by atoms with van der Waals surface area (Å²) in [5.41, 5.74) is 7.16. The summed E-state index contributed by atoms with van der Waals surface area (Å²) in [4.78, 5) is 37.4. The Morgan fingerprint density at radius 3 is 2.21 bits per heavy atom. The summed E-state index contributed by atoms with van der Waals surface area (Å²) in [7, 11) is 0. The number of amides is 3. The van der Waals surface area contributed by atoms with Crippen molar-refractivity contribution >= 4 is 17.7 Å². The van der Waals surface area contributed by atoms with E-state index in [-0.39, 0.29) is 30.6 Å². The number of aliphatic hydroxyl groups is 2. The molecule has 0 saturated heterocycles. The van der Waals surface area contributed by atoms with Gasteiger partial charge in [0.2, 0.25) is 17.7 Å². The Bertz CT molecular complexity index is 907. The van der Waals surface area contributed by atoms with Gasteiger partial charge in [-0.25, -0.2) is 0 Å². The second kappa shape index (κ2) is 20.4. The third-order valence-electron chi connectivity index (χ3n) is 8.17. The van der Waals surface area contributed by atoms with E-state index in [0.29, 0.717) is 44.2 Å². The maximum absolute atomic E-state index is 12.9. The van der Waals surface area contributed by atoms with Crippen LogP contribution < -0.4 is 21.7 Å². The number of rotatable bonds is 20. The number of nitrogens with two attached hydrogens (primary N) is 1. The van der Waals surface area contributed by atoms with Gasteiger partial charge in [0, 0.05) is 25.6 Å². The summed E-state index contributed by atoms with van der Waals surface area (Å²) in [5, 5.41) is 30.3. The van der Waals surface area contributed by atoms with E-state index < -0.39 is 24.3 Å². The first-order valence-corrected chi connectivity index (χ1v) is 16.1. The summed E-state index contributed by atoms with van der Waals surface area (Å²) in [6, 6.07) is 8.43. The minimum Gasteiger partial charge on any atom is -0.391 e. The van der Waals surface area contributed by atoms with Crippen molar-refractivity contribution < 1.29 is 24.6 Å². The van der Waals surface area contributed by atoms with Gasteiger partial charge >= 0.3 is 0 Å². The van der Waals surface area contributed by atoms with E-state index in [1.807, 2.05) is 30.3 Å². The molecule has 1 aliphatic carbocycles. The molecule has 1 fully saturated rings. The number of hydrogen-bond acceptors (Lipinski definition) is 6. The fourth-order valence-corrected chi connectivity index (χ4v) is 5.53. The van der Waals surface area contributed by atoms with Crippen molar-refractivity contribution in [1.82, 2.24) is 16.0 Å². The monoisotopic (exact) mass is 588 g/mol. The van der Waals surface area contributed by atoms with Crippen LogP contribution in [0.5, 0.6) is 0 Å². The SMILES string of the molecule is CC(C)CCNC(=O)CCCCCNC(=O)C[C@H](O)[C@H](CC1CCCCC1)NC(=O)C[C@H](O)[C@@H](N)Cc1ccccc1. The molecule has 0 radical (unpaired) electrons. The van der Waals surface area contributed by atoms with Crippen molar-refractivity contribution in [2.45, 2.75) is 128 Å². The molecule has 7 N–H and O–H groups in total. The van der Waals surface area contributed by atoms with Crippen LogP contribution in [0.3, 0.4) is 0 Å². The summed E-state index contributed by atoms with van der Waals surface area (Å²) in [6.45, 7) is 5.44. The van der Waals surface area contributed by atoms with Gasteiger partial charge in [0.1, 0.15) is 0 Å². The van der Waals surface area contributed by atoms with Gasteiger partial charge in [-0.3, -0.25) is 14.4 Å². The molecule has 1 aromatic rings. The molecule has 2 rings (SSSR count). The predicted molar refractivity (Wildman–Crippen MR) is 166 cm³/mol. The lowest BCUT2D eigenvalue weighted by Gasteiger charge is -2.30. The molecule has 1 aromatic carbocycles. The molecule has 0 heterocycles. The van der Waals surface area contributed by atoms with Crippen LogP contribution in [-0.4, -0.2) is 65.3 Å². The second-order valence-electron chi connectivity index (χ2n) is 12.5. The molecular weight excluding hydrogens is 532 g/mol. The van der Waals surface area contributed by atoms with Crippen LogP contribution in [-0.2, 0) is 20.8 Å². The molecule has 1 saturated carbocycles. The number of unbranched alkanes of at least 4 members (excludes halogenated alkanes) is 2. The molecule has 9 heteroatoms. The Labute approximate surface area is 252 Å². The number of nitrogens with one attached hydrogen (secondary N) is 3. The second-order valence-corrected chi connectivity index (χ2v) is 12.5. The number of aliphatic hydroxyl groups excluding tert-OH is 2. The zero-order valence-corrected chi connectivity index (χ0v) is 25.9. The number of carbonyl (C=O) groups is 3. The Balaban J connectivity index is 1.76. The van der Waals surface area contributed by atoms with E-state index >= 15 is 0 Å². The van der Waals surface area contributed by atoms with Crippen LogP contribution in [0.25, 0.3) is 0 Å². The van der Waals surface area contributed by atoms with Crippen molar-refractivity contribution in [1.29, 1.82) is 0 Å². The normalized spacial score (nSPS) is 16.8. The highest BCUT2D eigenvalue weighted by atomic mass is 16.3. The molecule has 238 valence electrons. The predicted octanol–water partition coefficient (Wildman–Crippen LogP) is 3.35. The average molecular weight is 589 g/mol. The zero-order chi connectivity index (χ0) is 30.7. The van der Waals surface area contributed by atoms with Gasteiger partial charge < -0.3 is 31.9 Å². The minimum atomic E-state index is -1.03. The molecule has 0 bridgehead atoms. The van der Waals surface area contributed by atoms with Crippen LogP contribution in [0.1, 0.15) is 103 Å². The van der Waals surface area contributed by atoms with E-state index in [4.69, 9.17) is 5.73 Å². The van der Waals surface area contributed by atoms with Gasteiger partial charge in [-0.1, -0.05) is 82.7 Å². The van der Waals surface area contributed by atoms with Gasteiger partial charge in [0.25, 0.3) is 0 Å².